The fourth-order valence-corrected chi connectivity index (χ4v) is 2.43. The Labute approximate surface area is 155 Å². The van der Waals surface area contributed by atoms with Crippen molar-refractivity contribution in [1.29, 1.82) is 0 Å². The van der Waals surface area contributed by atoms with Gasteiger partial charge in [0.25, 0.3) is 0 Å². The van der Waals surface area contributed by atoms with E-state index in [0.717, 1.165) is 17.8 Å². The minimum Gasteiger partial charge on any atom is -0.455 e. The average molecular weight is 368 g/mol. The van der Waals surface area contributed by atoms with Crippen molar-refractivity contribution in [2.75, 3.05) is 17.2 Å². The largest absolute Gasteiger partial charge is 0.455 e. The summed E-state index contributed by atoms with van der Waals surface area (Å²) in [6, 6.07) is 19.7. The fourth-order valence-electron chi connectivity index (χ4n) is 2.43. The molecule has 0 aliphatic heterocycles. The molecule has 1 amide bonds. The van der Waals surface area contributed by atoms with E-state index in [1.807, 2.05) is 54.6 Å². The standard InChI is InChI=1S/C21H18F2N2O2/c22-15-10-11-18(17(23)14-15)25-21(26)12-13-24-19-8-4-5-9-20(19)27-16-6-2-1-3-7-16/h1-11,14,24H,12-13H2,(H,25,26). The van der Waals surface area contributed by atoms with Crippen LogP contribution in [-0.2, 0) is 4.79 Å². The number of hydrogen-bond donors (Lipinski definition) is 2. The van der Waals surface area contributed by atoms with E-state index in [4.69, 9.17) is 4.74 Å². The highest BCUT2D eigenvalue weighted by molar-refractivity contribution is 5.91. The number of rotatable bonds is 7. The number of carbonyl (C=O) groups excluding carboxylic acids is 1. The Bertz CT molecular complexity index is 917. The second kappa shape index (κ2) is 8.80. The van der Waals surface area contributed by atoms with E-state index in [2.05, 4.69) is 10.6 Å². The molecule has 0 radical (unpaired) electrons. The van der Waals surface area contributed by atoms with E-state index in [-0.39, 0.29) is 18.0 Å². The van der Waals surface area contributed by atoms with Crippen molar-refractivity contribution < 1.29 is 18.3 Å². The van der Waals surface area contributed by atoms with Crippen LogP contribution in [0.5, 0.6) is 11.5 Å². The van der Waals surface area contributed by atoms with Crippen LogP contribution in [0.2, 0.25) is 0 Å². The molecule has 0 unspecified atom stereocenters. The average Bonchev–Trinajstić information content (AvgIpc) is 2.66. The zero-order chi connectivity index (χ0) is 19.1. The van der Waals surface area contributed by atoms with E-state index in [0.29, 0.717) is 18.0 Å². The molecule has 0 atom stereocenters. The smallest absolute Gasteiger partial charge is 0.226 e. The summed E-state index contributed by atoms with van der Waals surface area (Å²) in [6.45, 7) is 0.323. The first-order valence-electron chi connectivity index (χ1n) is 8.42. The zero-order valence-electron chi connectivity index (χ0n) is 14.4. The van der Waals surface area contributed by atoms with Crippen molar-refractivity contribution in [3.8, 4) is 11.5 Å². The van der Waals surface area contributed by atoms with E-state index in [9.17, 15) is 13.6 Å². The topological polar surface area (TPSA) is 50.4 Å². The van der Waals surface area contributed by atoms with Crippen LogP contribution in [0.3, 0.4) is 0 Å². The summed E-state index contributed by atoms with van der Waals surface area (Å²) < 4.78 is 32.3. The number of ether oxygens (including phenoxy) is 1. The Hall–Kier alpha value is -3.41. The number of nitrogens with one attached hydrogen (secondary N) is 2. The highest BCUT2D eigenvalue weighted by Crippen LogP contribution is 2.29. The highest BCUT2D eigenvalue weighted by Gasteiger charge is 2.09. The Morgan fingerprint density at radius 3 is 2.41 bits per heavy atom. The van der Waals surface area contributed by atoms with Crippen LogP contribution < -0.4 is 15.4 Å². The monoisotopic (exact) mass is 368 g/mol. The maximum Gasteiger partial charge on any atom is 0.226 e. The van der Waals surface area contributed by atoms with Gasteiger partial charge >= 0.3 is 0 Å². The van der Waals surface area contributed by atoms with Gasteiger partial charge in [-0.1, -0.05) is 30.3 Å². The van der Waals surface area contributed by atoms with Gasteiger partial charge in [-0.2, -0.15) is 0 Å². The third-order valence-corrected chi connectivity index (χ3v) is 3.73. The molecule has 2 N–H and O–H groups in total. The molecule has 0 aliphatic rings. The van der Waals surface area contributed by atoms with Crippen LogP contribution in [0.4, 0.5) is 20.2 Å². The number of carbonyl (C=O) groups is 1. The first-order chi connectivity index (χ1) is 13.1. The lowest BCUT2D eigenvalue weighted by atomic mass is 10.2. The van der Waals surface area contributed by atoms with Gasteiger partial charge in [-0.3, -0.25) is 4.79 Å². The predicted octanol–water partition coefficient (Wildman–Crippen LogP) is 5.20. The molecule has 138 valence electrons. The first-order valence-corrected chi connectivity index (χ1v) is 8.42. The molecule has 3 aromatic carbocycles. The molecule has 0 aromatic heterocycles. The molecular weight excluding hydrogens is 350 g/mol. The minimum absolute atomic E-state index is 0.0470. The molecule has 6 heteroatoms. The molecule has 0 spiro atoms. The fraction of sp³-hybridized carbons (Fsp3) is 0.0952. The Morgan fingerprint density at radius 2 is 1.63 bits per heavy atom. The van der Waals surface area contributed by atoms with Crippen LogP contribution >= 0.6 is 0 Å². The molecule has 0 saturated carbocycles. The Balaban J connectivity index is 1.55. The minimum atomic E-state index is -0.807. The maximum absolute atomic E-state index is 13.6. The molecular formula is C21H18F2N2O2. The van der Waals surface area contributed by atoms with Crippen LogP contribution in [0.15, 0.2) is 72.8 Å². The lowest BCUT2D eigenvalue weighted by molar-refractivity contribution is -0.116. The molecule has 0 heterocycles. The number of para-hydroxylation sites is 3. The summed E-state index contributed by atoms with van der Waals surface area (Å²) in [5.74, 6) is -0.542. The summed E-state index contributed by atoms with van der Waals surface area (Å²) in [5.41, 5.74) is 0.691. The zero-order valence-corrected chi connectivity index (χ0v) is 14.4. The summed E-state index contributed by atoms with van der Waals surface area (Å²) >= 11 is 0. The second-order valence-corrected chi connectivity index (χ2v) is 5.76. The molecule has 0 saturated heterocycles. The Kier molecular flexibility index (Phi) is 5.99. The maximum atomic E-state index is 13.6. The number of anilines is 2. The summed E-state index contributed by atoms with van der Waals surface area (Å²) in [5, 5.41) is 5.56. The van der Waals surface area contributed by atoms with Gasteiger partial charge in [-0.25, -0.2) is 8.78 Å². The summed E-state index contributed by atoms with van der Waals surface area (Å²) in [4.78, 5) is 12.0. The van der Waals surface area contributed by atoms with Gasteiger partial charge in [-0.05, 0) is 36.4 Å². The third kappa shape index (κ3) is 5.28. The van der Waals surface area contributed by atoms with Gasteiger partial charge in [0.05, 0.1) is 11.4 Å². The van der Waals surface area contributed by atoms with Gasteiger partial charge in [0.1, 0.15) is 17.4 Å². The van der Waals surface area contributed by atoms with Gasteiger partial charge in [-0.15, -0.1) is 0 Å². The molecule has 27 heavy (non-hydrogen) atoms. The quantitative estimate of drug-likeness (QED) is 0.603. The van der Waals surface area contributed by atoms with Gasteiger partial charge in [0.2, 0.25) is 5.91 Å². The van der Waals surface area contributed by atoms with Crippen molar-refractivity contribution >= 4 is 17.3 Å². The van der Waals surface area contributed by atoms with Crippen LogP contribution in [0, 0.1) is 11.6 Å². The third-order valence-electron chi connectivity index (χ3n) is 3.73. The molecule has 4 nitrogen and oxygen atoms in total. The number of halogens is 2. The van der Waals surface area contributed by atoms with E-state index >= 15 is 0 Å². The van der Waals surface area contributed by atoms with Gasteiger partial charge < -0.3 is 15.4 Å². The number of hydrogen-bond acceptors (Lipinski definition) is 3. The Morgan fingerprint density at radius 1 is 0.889 bits per heavy atom. The predicted molar refractivity (Wildman–Crippen MR) is 101 cm³/mol. The lowest BCUT2D eigenvalue weighted by Crippen LogP contribution is -2.17. The van der Waals surface area contributed by atoms with Gasteiger partial charge in [0, 0.05) is 19.0 Å². The highest BCUT2D eigenvalue weighted by atomic mass is 19.1. The van der Waals surface area contributed by atoms with Crippen LogP contribution in [-0.4, -0.2) is 12.5 Å². The van der Waals surface area contributed by atoms with E-state index in [1.54, 1.807) is 0 Å². The SMILES string of the molecule is O=C(CCNc1ccccc1Oc1ccccc1)Nc1ccc(F)cc1F. The number of amides is 1. The second-order valence-electron chi connectivity index (χ2n) is 5.76. The van der Waals surface area contributed by atoms with E-state index < -0.39 is 11.6 Å². The first kappa shape index (κ1) is 18.4. The van der Waals surface area contributed by atoms with Crippen molar-refractivity contribution in [2.24, 2.45) is 0 Å². The molecule has 0 fully saturated rings. The van der Waals surface area contributed by atoms with Crippen molar-refractivity contribution in [3.63, 3.8) is 0 Å². The van der Waals surface area contributed by atoms with Gasteiger partial charge in [0.15, 0.2) is 5.75 Å². The van der Waals surface area contributed by atoms with Crippen molar-refractivity contribution in [2.45, 2.75) is 6.42 Å². The van der Waals surface area contributed by atoms with E-state index in [1.165, 1.54) is 6.07 Å². The lowest BCUT2D eigenvalue weighted by Gasteiger charge is -2.13. The summed E-state index contributed by atoms with van der Waals surface area (Å²) in [6.07, 6.45) is 0.108. The van der Waals surface area contributed by atoms with Crippen molar-refractivity contribution in [3.05, 3.63) is 84.4 Å². The summed E-state index contributed by atoms with van der Waals surface area (Å²) in [7, 11) is 0. The molecule has 0 aliphatic carbocycles. The van der Waals surface area contributed by atoms with Crippen molar-refractivity contribution in [1.82, 2.24) is 0 Å². The molecule has 0 bridgehead atoms. The van der Waals surface area contributed by atoms with Crippen LogP contribution in [0.1, 0.15) is 6.42 Å². The number of benzene rings is 3. The van der Waals surface area contributed by atoms with Crippen LogP contribution in [0.25, 0.3) is 0 Å². The molecule has 3 rings (SSSR count). The normalized spacial score (nSPS) is 10.3. The molecule has 3 aromatic rings.